The largest absolute Gasteiger partial charge is 0.346 e. The van der Waals surface area contributed by atoms with Gasteiger partial charge < -0.3 is 9.47 Å². The van der Waals surface area contributed by atoms with E-state index in [1.165, 1.54) is 6.07 Å². The van der Waals surface area contributed by atoms with Crippen molar-refractivity contribution in [3.63, 3.8) is 0 Å². The molecule has 0 saturated carbocycles. The van der Waals surface area contributed by atoms with E-state index < -0.39 is 6.29 Å². The third-order valence-corrected chi connectivity index (χ3v) is 4.48. The molecule has 0 amide bonds. The van der Waals surface area contributed by atoms with Gasteiger partial charge in [0.1, 0.15) is 5.82 Å². The van der Waals surface area contributed by atoms with Gasteiger partial charge in [-0.2, -0.15) is 0 Å². The molecule has 0 atom stereocenters. The molecule has 2 aliphatic heterocycles. The van der Waals surface area contributed by atoms with Crippen LogP contribution in [0.2, 0.25) is 0 Å². The van der Waals surface area contributed by atoms with Crippen molar-refractivity contribution < 1.29 is 13.9 Å². The van der Waals surface area contributed by atoms with Gasteiger partial charge in [0.05, 0.1) is 13.2 Å². The van der Waals surface area contributed by atoms with E-state index in [1.807, 2.05) is 12.1 Å². The van der Waals surface area contributed by atoms with E-state index in [2.05, 4.69) is 23.6 Å². The SMILES string of the molecule is CC(C)N1CCN(Cc2ccc(F)c(C3OCCO3)c2)CC1. The van der Waals surface area contributed by atoms with Crippen LogP contribution in [0.15, 0.2) is 18.2 Å². The Morgan fingerprint density at radius 3 is 2.45 bits per heavy atom. The molecule has 1 aromatic rings. The molecule has 2 heterocycles. The highest BCUT2D eigenvalue weighted by molar-refractivity contribution is 5.26. The first-order valence-corrected chi connectivity index (χ1v) is 8.11. The van der Waals surface area contributed by atoms with Gasteiger partial charge >= 0.3 is 0 Å². The highest BCUT2D eigenvalue weighted by atomic mass is 19.1. The molecule has 0 aliphatic carbocycles. The van der Waals surface area contributed by atoms with Crippen molar-refractivity contribution in [3.8, 4) is 0 Å². The molecule has 0 aromatic heterocycles. The van der Waals surface area contributed by atoms with E-state index in [1.54, 1.807) is 0 Å². The fourth-order valence-corrected chi connectivity index (χ4v) is 3.11. The van der Waals surface area contributed by atoms with E-state index in [9.17, 15) is 4.39 Å². The van der Waals surface area contributed by atoms with E-state index in [4.69, 9.17) is 9.47 Å². The third-order valence-electron chi connectivity index (χ3n) is 4.48. The molecule has 1 aromatic carbocycles. The smallest absolute Gasteiger partial charge is 0.186 e. The van der Waals surface area contributed by atoms with Crippen LogP contribution < -0.4 is 0 Å². The second kappa shape index (κ2) is 7.04. The Morgan fingerprint density at radius 2 is 1.82 bits per heavy atom. The number of nitrogens with zero attached hydrogens (tertiary/aromatic N) is 2. The van der Waals surface area contributed by atoms with Crippen LogP contribution in [0, 0.1) is 5.82 Å². The minimum atomic E-state index is -0.544. The van der Waals surface area contributed by atoms with Crippen LogP contribution in [0.25, 0.3) is 0 Å². The Labute approximate surface area is 131 Å². The van der Waals surface area contributed by atoms with Gasteiger partial charge in [-0.1, -0.05) is 6.07 Å². The fourth-order valence-electron chi connectivity index (χ4n) is 3.11. The van der Waals surface area contributed by atoms with Crippen LogP contribution >= 0.6 is 0 Å². The van der Waals surface area contributed by atoms with Crippen LogP contribution in [0.4, 0.5) is 4.39 Å². The van der Waals surface area contributed by atoms with Crippen molar-refractivity contribution in [2.45, 2.75) is 32.7 Å². The van der Waals surface area contributed by atoms with Gasteiger partial charge in [0.25, 0.3) is 0 Å². The maximum absolute atomic E-state index is 14.0. The topological polar surface area (TPSA) is 24.9 Å². The summed E-state index contributed by atoms with van der Waals surface area (Å²) in [5.41, 5.74) is 1.64. The highest BCUT2D eigenvalue weighted by Crippen LogP contribution is 2.27. The maximum Gasteiger partial charge on any atom is 0.186 e. The monoisotopic (exact) mass is 308 g/mol. The molecule has 2 saturated heterocycles. The lowest BCUT2D eigenvalue weighted by atomic mass is 10.1. The van der Waals surface area contributed by atoms with Crippen LogP contribution in [0.5, 0.6) is 0 Å². The fraction of sp³-hybridized carbons (Fsp3) is 0.647. The molecule has 5 heteroatoms. The lowest BCUT2D eigenvalue weighted by Gasteiger charge is -2.37. The summed E-state index contributed by atoms with van der Waals surface area (Å²) in [5.74, 6) is -0.250. The maximum atomic E-state index is 14.0. The zero-order chi connectivity index (χ0) is 15.5. The number of piperazine rings is 1. The van der Waals surface area contributed by atoms with Crippen molar-refractivity contribution in [3.05, 3.63) is 35.1 Å². The summed E-state index contributed by atoms with van der Waals surface area (Å²) in [4.78, 5) is 4.92. The van der Waals surface area contributed by atoms with Crippen LogP contribution in [0.1, 0.15) is 31.3 Å². The first kappa shape index (κ1) is 15.9. The highest BCUT2D eigenvalue weighted by Gasteiger charge is 2.23. The van der Waals surface area contributed by atoms with Gasteiger partial charge in [0.15, 0.2) is 6.29 Å². The van der Waals surface area contributed by atoms with Crippen molar-refractivity contribution in [1.82, 2.24) is 9.80 Å². The number of ether oxygens (including phenoxy) is 2. The zero-order valence-electron chi connectivity index (χ0n) is 13.4. The number of halogens is 1. The average Bonchev–Trinajstić information content (AvgIpc) is 3.04. The molecule has 4 nitrogen and oxygen atoms in total. The number of benzene rings is 1. The molecule has 0 unspecified atom stereocenters. The van der Waals surface area contributed by atoms with Crippen molar-refractivity contribution >= 4 is 0 Å². The second-order valence-corrected chi connectivity index (χ2v) is 6.34. The Morgan fingerprint density at radius 1 is 1.14 bits per heavy atom. The van der Waals surface area contributed by atoms with Gasteiger partial charge in [-0.05, 0) is 31.5 Å². The first-order valence-electron chi connectivity index (χ1n) is 8.11. The molecule has 0 bridgehead atoms. The van der Waals surface area contributed by atoms with E-state index in [-0.39, 0.29) is 5.82 Å². The molecule has 2 fully saturated rings. The summed E-state index contributed by atoms with van der Waals surface area (Å²) in [6.07, 6.45) is -0.544. The van der Waals surface area contributed by atoms with Crippen molar-refractivity contribution in [1.29, 1.82) is 0 Å². The molecular formula is C17H25FN2O2. The van der Waals surface area contributed by atoms with Gasteiger partial charge in [-0.15, -0.1) is 0 Å². The van der Waals surface area contributed by atoms with Gasteiger partial charge in [-0.3, -0.25) is 9.80 Å². The van der Waals surface area contributed by atoms with Crippen LogP contribution in [-0.4, -0.2) is 55.2 Å². The number of hydrogen-bond donors (Lipinski definition) is 0. The molecule has 22 heavy (non-hydrogen) atoms. The Hall–Kier alpha value is -1.01. The molecular weight excluding hydrogens is 283 g/mol. The molecule has 3 rings (SSSR count). The van der Waals surface area contributed by atoms with E-state index >= 15 is 0 Å². The summed E-state index contributed by atoms with van der Waals surface area (Å²) in [6.45, 7) is 10.7. The summed E-state index contributed by atoms with van der Waals surface area (Å²) < 4.78 is 24.8. The summed E-state index contributed by atoms with van der Waals surface area (Å²) in [7, 11) is 0. The minimum absolute atomic E-state index is 0.250. The minimum Gasteiger partial charge on any atom is -0.346 e. The first-order chi connectivity index (χ1) is 10.6. The van der Waals surface area contributed by atoms with E-state index in [0.717, 1.165) is 38.3 Å². The summed E-state index contributed by atoms with van der Waals surface area (Å²) >= 11 is 0. The van der Waals surface area contributed by atoms with Gasteiger partial charge in [0, 0.05) is 44.3 Å². The molecule has 122 valence electrons. The van der Waals surface area contributed by atoms with Crippen molar-refractivity contribution in [2.75, 3.05) is 39.4 Å². The Kier molecular flexibility index (Phi) is 5.08. The number of rotatable bonds is 4. The standard InChI is InChI=1S/C17H25FN2O2/c1-13(2)20-7-5-19(6-8-20)12-14-3-4-16(18)15(11-14)17-21-9-10-22-17/h3-4,11,13,17H,5-10,12H2,1-2H3. The lowest BCUT2D eigenvalue weighted by molar-refractivity contribution is -0.0465. The van der Waals surface area contributed by atoms with Crippen LogP contribution in [-0.2, 0) is 16.0 Å². The quantitative estimate of drug-likeness (QED) is 0.853. The Bertz CT molecular complexity index is 495. The lowest BCUT2D eigenvalue weighted by Crippen LogP contribution is -2.48. The predicted molar refractivity (Wildman–Crippen MR) is 83.0 cm³/mol. The molecule has 0 radical (unpaired) electrons. The van der Waals surface area contributed by atoms with Gasteiger partial charge in [0.2, 0.25) is 0 Å². The predicted octanol–water partition coefficient (Wildman–Crippen LogP) is 2.40. The molecule has 2 aliphatic rings. The molecule has 0 N–H and O–H groups in total. The third kappa shape index (κ3) is 3.66. The average molecular weight is 308 g/mol. The van der Waals surface area contributed by atoms with Crippen molar-refractivity contribution in [2.24, 2.45) is 0 Å². The second-order valence-electron chi connectivity index (χ2n) is 6.34. The normalized spacial score (nSPS) is 21.8. The van der Waals surface area contributed by atoms with Crippen LogP contribution in [0.3, 0.4) is 0 Å². The Balaban J connectivity index is 1.62. The van der Waals surface area contributed by atoms with Gasteiger partial charge in [-0.25, -0.2) is 4.39 Å². The summed E-state index contributed by atoms with van der Waals surface area (Å²) in [5, 5.41) is 0. The summed E-state index contributed by atoms with van der Waals surface area (Å²) in [6, 6.07) is 5.89. The van der Waals surface area contributed by atoms with E-state index in [0.29, 0.717) is 24.8 Å². The zero-order valence-corrected chi connectivity index (χ0v) is 13.4. The number of hydrogen-bond acceptors (Lipinski definition) is 4. The molecule has 0 spiro atoms.